The fourth-order valence-electron chi connectivity index (χ4n) is 2.10. The Morgan fingerprint density at radius 1 is 0.875 bits per heavy atom. The molecule has 2 nitrogen and oxygen atoms in total. The second-order valence-corrected chi connectivity index (χ2v) is 7.98. The lowest BCUT2D eigenvalue weighted by atomic mass is 9.82. The van der Waals surface area contributed by atoms with Crippen LogP contribution in [-0.2, 0) is 15.1 Å². The number of hydrogen-bond acceptors (Lipinski definition) is 3. The predicted molar refractivity (Wildman–Crippen MR) is 105 cm³/mol. The number of hydrogen-bond donors (Lipinski definition) is 0. The van der Waals surface area contributed by atoms with Crippen LogP contribution >= 0.6 is 11.8 Å². The second kappa shape index (κ2) is 8.24. The SMILES string of the molecule is COC(C)(C)C(C)(C)OBc1ccc(CSc2ccccc2)cc1. The molecule has 0 fully saturated rings. The van der Waals surface area contributed by atoms with E-state index in [0.29, 0.717) is 7.48 Å². The number of rotatable bonds is 8. The van der Waals surface area contributed by atoms with Gasteiger partial charge in [0.2, 0.25) is 0 Å². The van der Waals surface area contributed by atoms with E-state index in [1.54, 1.807) is 7.11 Å². The van der Waals surface area contributed by atoms with Gasteiger partial charge in [0.1, 0.15) is 0 Å². The quantitative estimate of drug-likeness (QED) is 0.530. The van der Waals surface area contributed by atoms with Gasteiger partial charge in [-0.2, -0.15) is 0 Å². The molecule has 24 heavy (non-hydrogen) atoms. The number of thioether (sulfide) groups is 1. The first-order chi connectivity index (χ1) is 11.3. The Hall–Kier alpha value is -1.23. The molecule has 0 amide bonds. The maximum Gasteiger partial charge on any atom is 0.309 e. The van der Waals surface area contributed by atoms with Crippen LogP contribution in [-0.4, -0.2) is 25.8 Å². The van der Waals surface area contributed by atoms with Gasteiger partial charge in [-0.15, -0.1) is 11.8 Å². The molecule has 0 bridgehead atoms. The molecule has 0 aliphatic carbocycles. The molecule has 2 aromatic rings. The van der Waals surface area contributed by atoms with Crippen molar-refractivity contribution >= 4 is 24.7 Å². The first kappa shape index (κ1) is 19.1. The van der Waals surface area contributed by atoms with Crippen LogP contribution in [0.25, 0.3) is 0 Å². The summed E-state index contributed by atoms with van der Waals surface area (Å²) in [6.07, 6.45) is 0. The van der Waals surface area contributed by atoms with Crippen LogP contribution in [0.4, 0.5) is 0 Å². The number of methoxy groups -OCH3 is 1. The third-order valence-electron chi connectivity index (χ3n) is 4.73. The summed E-state index contributed by atoms with van der Waals surface area (Å²) in [5, 5.41) is 0. The highest BCUT2D eigenvalue weighted by Gasteiger charge is 2.37. The average Bonchev–Trinajstić information content (AvgIpc) is 2.60. The van der Waals surface area contributed by atoms with Crippen molar-refractivity contribution in [3.63, 3.8) is 0 Å². The fraction of sp³-hybridized carbons (Fsp3) is 0.400. The molecular weight excluding hydrogens is 315 g/mol. The molecule has 0 aliphatic heterocycles. The Morgan fingerprint density at radius 3 is 2.08 bits per heavy atom. The van der Waals surface area contributed by atoms with E-state index >= 15 is 0 Å². The molecule has 0 spiro atoms. The van der Waals surface area contributed by atoms with Crippen molar-refractivity contribution in [2.45, 2.75) is 49.5 Å². The highest BCUT2D eigenvalue weighted by molar-refractivity contribution is 7.98. The molecule has 0 radical (unpaired) electrons. The number of benzene rings is 2. The summed E-state index contributed by atoms with van der Waals surface area (Å²) in [5.74, 6) is 0.980. The van der Waals surface area contributed by atoms with Crippen molar-refractivity contribution in [3.05, 3.63) is 60.2 Å². The fourth-order valence-corrected chi connectivity index (χ4v) is 2.97. The van der Waals surface area contributed by atoms with Gasteiger partial charge in [0, 0.05) is 17.8 Å². The third-order valence-corrected chi connectivity index (χ3v) is 5.81. The van der Waals surface area contributed by atoms with E-state index in [2.05, 4.69) is 76.2 Å². The monoisotopic (exact) mass is 342 g/mol. The average molecular weight is 342 g/mol. The van der Waals surface area contributed by atoms with Gasteiger partial charge in [-0.3, -0.25) is 0 Å². The van der Waals surface area contributed by atoms with Gasteiger partial charge in [0.25, 0.3) is 0 Å². The van der Waals surface area contributed by atoms with E-state index in [0.717, 1.165) is 5.75 Å². The first-order valence-corrected chi connectivity index (χ1v) is 9.27. The zero-order valence-corrected chi connectivity index (χ0v) is 16.2. The highest BCUT2D eigenvalue weighted by atomic mass is 32.2. The topological polar surface area (TPSA) is 18.5 Å². The standard InChI is InChI=1S/C20H27BO2S/c1-19(2,22-5)20(3,4)23-21-17-13-11-16(12-14-17)15-24-18-9-7-6-8-10-18/h6-14,21H,15H2,1-5H3. The minimum Gasteiger partial charge on any atom is -0.427 e. The van der Waals surface area contributed by atoms with Gasteiger partial charge in [0.05, 0.1) is 11.2 Å². The van der Waals surface area contributed by atoms with E-state index < -0.39 is 0 Å². The van der Waals surface area contributed by atoms with Crippen LogP contribution in [0.3, 0.4) is 0 Å². The van der Waals surface area contributed by atoms with Crippen LogP contribution in [0.2, 0.25) is 0 Å². The first-order valence-electron chi connectivity index (χ1n) is 8.29. The van der Waals surface area contributed by atoms with Crippen molar-refractivity contribution in [2.75, 3.05) is 7.11 Å². The molecule has 2 aromatic carbocycles. The summed E-state index contributed by atoms with van der Waals surface area (Å²) in [4.78, 5) is 1.30. The van der Waals surface area contributed by atoms with Crippen molar-refractivity contribution < 1.29 is 9.39 Å². The third kappa shape index (κ3) is 5.14. The lowest BCUT2D eigenvalue weighted by molar-refractivity contribution is -0.114. The molecule has 0 heterocycles. The lowest BCUT2D eigenvalue weighted by Crippen LogP contribution is -2.50. The van der Waals surface area contributed by atoms with Crippen LogP contribution in [0, 0.1) is 0 Å². The molecule has 2 rings (SSSR count). The maximum atomic E-state index is 6.11. The maximum absolute atomic E-state index is 6.11. The van der Waals surface area contributed by atoms with E-state index in [1.165, 1.54) is 15.9 Å². The Balaban J connectivity index is 1.88. The Bertz CT molecular complexity index is 624. The molecule has 0 unspecified atom stereocenters. The van der Waals surface area contributed by atoms with Crippen LogP contribution < -0.4 is 5.46 Å². The van der Waals surface area contributed by atoms with Gasteiger partial charge >= 0.3 is 7.48 Å². The molecule has 0 aromatic heterocycles. The molecule has 0 aliphatic rings. The zero-order chi connectivity index (χ0) is 17.6. The number of ether oxygens (including phenoxy) is 1. The molecule has 128 valence electrons. The summed E-state index contributed by atoms with van der Waals surface area (Å²) in [7, 11) is 2.32. The van der Waals surface area contributed by atoms with Crippen LogP contribution in [0.1, 0.15) is 33.3 Å². The van der Waals surface area contributed by atoms with Crippen molar-refractivity contribution in [3.8, 4) is 0 Å². The Labute approximate surface area is 151 Å². The Morgan fingerprint density at radius 2 is 1.50 bits per heavy atom. The van der Waals surface area contributed by atoms with Crippen molar-refractivity contribution in [2.24, 2.45) is 0 Å². The smallest absolute Gasteiger partial charge is 0.309 e. The molecule has 4 heteroatoms. The van der Waals surface area contributed by atoms with Gasteiger partial charge < -0.3 is 9.39 Å². The summed E-state index contributed by atoms with van der Waals surface area (Å²) in [6, 6.07) is 19.2. The molecule has 0 N–H and O–H groups in total. The summed E-state index contributed by atoms with van der Waals surface area (Å²) >= 11 is 1.86. The summed E-state index contributed by atoms with van der Waals surface area (Å²) in [5.41, 5.74) is 1.82. The second-order valence-electron chi connectivity index (χ2n) is 6.93. The van der Waals surface area contributed by atoms with Crippen LogP contribution in [0.15, 0.2) is 59.5 Å². The summed E-state index contributed by atoms with van der Waals surface area (Å²) < 4.78 is 11.7. The van der Waals surface area contributed by atoms with Gasteiger partial charge in [-0.25, -0.2) is 0 Å². The van der Waals surface area contributed by atoms with Crippen molar-refractivity contribution in [1.82, 2.24) is 0 Å². The largest absolute Gasteiger partial charge is 0.427 e. The van der Waals surface area contributed by atoms with E-state index in [1.807, 2.05) is 17.8 Å². The van der Waals surface area contributed by atoms with E-state index in [-0.39, 0.29) is 11.2 Å². The lowest BCUT2D eigenvalue weighted by Gasteiger charge is -2.40. The molecule has 0 saturated carbocycles. The van der Waals surface area contributed by atoms with E-state index in [9.17, 15) is 0 Å². The van der Waals surface area contributed by atoms with Crippen molar-refractivity contribution in [1.29, 1.82) is 0 Å². The normalized spacial score (nSPS) is 12.2. The molecule has 0 saturated heterocycles. The van der Waals surface area contributed by atoms with Gasteiger partial charge in [0.15, 0.2) is 0 Å². The molecular formula is C20H27BO2S. The highest BCUT2D eigenvalue weighted by Crippen LogP contribution is 2.27. The van der Waals surface area contributed by atoms with Gasteiger partial charge in [-0.05, 0) is 45.4 Å². The van der Waals surface area contributed by atoms with Gasteiger partial charge in [-0.1, -0.05) is 47.9 Å². The van der Waals surface area contributed by atoms with Crippen LogP contribution in [0.5, 0.6) is 0 Å². The Kier molecular flexibility index (Phi) is 6.56. The molecule has 0 atom stereocenters. The zero-order valence-electron chi connectivity index (χ0n) is 15.3. The minimum absolute atomic E-state index is 0.334. The summed E-state index contributed by atoms with van der Waals surface area (Å²) in [6.45, 7) is 8.25. The van der Waals surface area contributed by atoms with E-state index in [4.69, 9.17) is 9.39 Å². The predicted octanol–water partition coefficient (Wildman–Crippen LogP) is 4.18. The minimum atomic E-state index is -0.358.